The van der Waals surface area contributed by atoms with Crippen LogP contribution in [0.15, 0.2) is 0 Å². The maximum atomic E-state index is 0. The second kappa shape index (κ2) is 85.4. The average Bonchev–Trinajstić information content (AvgIpc) is 0. The summed E-state index contributed by atoms with van der Waals surface area (Å²) in [6.45, 7) is 0. The predicted molar refractivity (Wildman–Crippen MR) is 14.5 cm³/mol. The average molecular weight is 212 g/mol. The number of rotatable bonds is 0. The van der Waals surface area contributed by atoms with E-state index in [2.05, 4.69) is 0 Å². The molecule has 0 bridgehead atoms. The van der Waals surface area contributed by atoms with Gasteiger partial charge >= 0.3 is 0 Å². The van der Waals surface area contributed by atoms with Crippen LogP contribution in [0.25, 0.3) is 0 Å². The molecule has 0 aromatic heterocycles. The first-order chi connectivity index (χ1) is 0. The molecular formula is H8O4VY. The molecule has 0 aromatic carbocycles. The zero-order valence-corrected chi connectivity index (χ0v) is 7.26. The molecule has 8 N–H and O–H groups in total. The third-order valence-electron chi connectivity index (χ3n) is 0. The second-order valence-electron chi connectivity index (χ2n) is 0. The van der Waals surface area contributed by atoms with Crippen LogP contribution in [0, 0.1) is 0 Å². The van der Waals surface area contributed by atoms with Gasteiger partial charge in [-0.25, -0.2) is 0 Å². The quantitative estimate of drug-likeness (QED) is 0.398. The maximum Gasteiger partial charge on any atom is 0 e. The predicted octanol–water partition coefficient (Wildman–Crippen LogP) is -3.30. The topological polar surface area (TPSA) is 126 Å². The Morgan fingerprint density at radius 3 is 0.500 bits per heavy atom. The van der Waals surface area contributed by atoms with E-state index in [0.29, 0.717) is 0 Å². The van der Waals surface area contributed by atoms with Crippen LogP contribution in [0.2, 0.25) is 0 Å². The fourth-order valence-electron chi connectivity index (χ4n) is 0. The molecule has 6 heavy (non-hydrogen) atoms. The first kappa shape index (κ1) is 137. The molecular weight excluding hydrogens is 204 g/mol. The summed E-state index contributed by atoms with van der Waals surface area (Å²) < 4.78 is 0. The molecule has 0 aliphatic heterocycles. The zero-order chi connectivity index (χ0) is 0. The van der Waals surface area contributed by atoms with E-state index in [-0.39, 0.29) is 73.2 Å². The molecule has 0 aromatic rings. The number of hydrogen-bond acceptors (Lipinski definition) is 0. The van der Waals surface area contributed by atoms with Crippen LogP contribution in [0.1, 0.15) is 0 Å². The fourth-order valence-corrected chi connectivity index (χ4v) is 0. The molecule has 4 nitrogen and oxygen atoms in total. The van der Waals surface area contributed by atoms with E-state index in [4.69, 9.17) is 0 Å². The minimum absolute atomic E-state index is 0. The van der Waals surface area contributed by atoms with E-state index in [1.54, 1.807) is 0 Å². The summed E-state index contributed by atoms with van der Waals surface area (Å²) in [7, 11) is 0. The zero-order valence-electron chi connectivity index (χ0n) is 3.02. The molecule has 0 unspecified atom stereocenters. The Morgan fingerprint density at radius 2 is 0.500 bits per heavy atom. The molecule has 0 atom stereocenters. The molecule has 0 rings (SSSR count). The Labute approximate surface area is 72.7 Å². The minimum Gasteiger partial charge on any atom is -0.412 e. The second-order valence-corrected chi connectivity index (χ2v) is 0. The summed E-state index contributed by atoms with van der Waals surface area (Å²) in [6, 6.07) is 0. The van der Waals surface area contributed by atoms with Gasteiger partial charge in [0.1, 0.15) is 0 Å². The van der Waals surface area contributed by atoms with Gasteiger partial charge in [-0.05, 0) is 0 Å². The van der Waals surface area contributed by atoms with Crippen LogP contribution in [0.4, 0.5) is 0 Å². The van der Waals surface area contributed by atoms with Gasteiger partial charge in [-0.15, -0.1) is 0 Å². The van der Waals surface area contributed by atoms with Crippen molar-refractivity contribution in [3.63, 3.8) is 0 Å². The molecule has 2 radical (unpaired) electrons. The SMILES string of the molecule is O.O.O.O.[V].[Y]. The van der Waals surface area contributed by atoms with Crippen molar-refractivity contribution < 1.29 is 73.2 Å². The van der Waals surface area contributed by atoms with Gasteiger partial charge < -0.3 is 21.9 Å². The van der Waals surface area contributed by atoms with Gasteiger partial charge in [0.25, 0.3) is 0 Å². The maximum absolute atomic E-state index is 0. The van der Waals surface area contributed by atoms with Gasteiger partial charge in [-0.2, -0.15) is 0 Å². The Bertz CT molecular complexity index is 7.51. The summed E-state index contributed by atoms with van der Waals surface area (Å²) in [5, 5.41) is 0. The third kappa shape index (κ3) is 48.5. The van der Waals surface area contributed by atoms with Crippen molar-refractivity contribution in [1.82, 2.24) is 0 Å². The van der Waals surface area contributed by atoms with Crippen LogP contribution in [0.3, 0.4) is 0 Å². The largest absolute Gasteiger partial charge is 0.412 e. The molecule has 0 saturated heterocycles. The van der Waals surface area contributed by atoms with E-state index < -0.39 is 0 Å². The summed E-state index contributed by atoms with van der Waals surface area (Å²) in [5.74, 6) is 0. The van der Waals surface area contributed by atoms with Crippen LogP contribution in [0.5, 0.6) is 0 Å². The Morgan fingerprint density at radius 1 is 0.500 bits per heavy atom. The van der Waals surface area contributed by atoms with E-state index in [0.717, 1.165) is 0 Å². The fraction of sp³-hybridized carbons (Fsp3) is 0. The normalized spacial score (nSPS) is 0. The third-order valence-corrected chi connectivity index (χ3v) is 0. The first-order valence-electron chi connectivity index (χ1n) is 0. The number of hydrogen-bond donors (Lipinski definition) is 0. The minimum atomic E-state index is 0. The molecule has 0 amide bonds. The van der Waals surface area contributed by atoms with E-state index in [1.165, 1.54) is 0 Å². The van der Waals surface area contributed by atoms with Crippen molar-refractivity contribution in [2.45, 2.75) is 0 Å². The van der Waals surface area contributed by atoms with E-state index in [9.17, 15) is 0 Å². The molecule has 0 spiro atoms. The van der Waals surface area contributed by atoms with Gasteiger partial charge in [0.2, 0.25) is 0 Å². The Balaban J connectivity index is 0. The van der Waals surface area contributed by atoms with Crippen molar-refractivity contribution in [2.24, 2.45) is 0 Å². The summed E-state index contributed by atoms with van der Waals surface area (Å²) in [6.07, 6.45) is 0. The van der Waals surface area contributed by atoms with Crippen LogP contribution < -0.4 is 0 Å². The molecule has 0 aliphatic rings. The van der Waals surface area contributed by atoms with Gasteiger partial charge in [0.05, 0.1) is 0 Å². The van der Waals surface area contributed by atoms with Crippen LogP contribution >= 0.6 is 0 Å². The standard InChI is InChI=1S/4H2O.V.Y/h4*1H2;;. The van der Waals surface area contributed by atoms with Crippen LogP contribution in [-0.2, 0) is 51.3 Å². The Kier molecular flexibility index (Phi) is 1960. The summed E-state index contributed by atoms with van der Waals surface area (Å²) in [4.78, 5) is 0. The van der Waals surface area contributed by atoms with Crippen molar-refractivity contribution in [1.29, 1.82) is 0 Å². The van der Waals surface area contributed by atoms with E-state index >= 15 is 0 Å². The van der Waals surface area contributed by atoms with Gasteiger partial charge in [0, 0.05) is 51.3 Å². The van der Waals surface area contributed by atoms with Gasteiger partial charge in [-0.1, -0.05) is 0 Å². The van der Waals surface area contributed by atoms with Crippen molar-refractivity contribution in [3.05, 3.63) is 0 Å². The summed E-state index contributed by atoms with van der Waals surface area (Å²) >= 11 is 0. The molecule has 6 heteroatoms. The molecule has 0 aliphatic carbocycles. The van der Waals surface area contributed by atoms with Crippen molar-refractivity contribution in [3.8, 4) is 0 Å². The summed E-state index contributed by atoms with van der Waals surface area (Å²) in [5.41, 5.74) is 0. The van der Waals surface area contributed by atoms with Gasteiger partial charge in [0.15, 0.2) is 0 Å². The molecule has 40 valence electrons. The first-order valence-corrected chi connectivity index (χ1v) is 0. The molecule has 0 heterocycles. The van der Waals surface area contributed by atoms with Crippen molar-refractivity contribution in [2.75, 3.05) is 0 Å². The van der Waals surface area contributed by atoms with Crippen molar-refractivity contribution >= 4 is 0 Å². The molecule has 0 saturated carbocycles. The monoisotopic (exact) mass is 212 g/mol. The Hall–Kier alpha value is 1.53. The molecule has 0 fully saturated rings. The smallest absolute Gasteiger partial charge is 0 e. The van der Waals surface area contributed by atoms with Crippen LogP contribution in [-0.4, -0.2) is 21.9 Å². The van der Waals surface area contributed by atoms with E-state index in [1.807, 2.05) is 0 Å². The van der Waals surface area contributed by atoms with Gasteiger partial charge in [-0.3, -0.25) is 0 Å².